The largest absolute Gasteiger partial charge is 0.480 e. The van der Waals surface area contributed by atoms with Crippen LogP contribution in [-0.4, -0.2) is 50.2 Å². The van der Waals surface area contributed by atoms with Crippen molar-refractivity contribution in [3.63, 3.8) is 0 Å². The van der Waals surface area contributed by atoms with E-state index in [0.717, 1.165) is 6.42 Å². The third kappa shape index (κ3) is 6.02. The number of hydrogen-bond acceptors (Lipinski definition) is 5. The molecule has 3 N–H and O–H groups in total. The topological polar surface area (TPSA) is 122 Å². The highest BCUT2D eigenvalue weighted by Crippen LogP contribution is 2.19. The maximum absolute atomic E-state index is 12.4. The standard InChI is InChI=1S/C18H26N2O6S/c1-18(2,3)20-27(24,25)14-8-6-12(7-9-14)16(21)19-15(17(22)23)13-5-4-10-26-11-13/h6-9,13,15,20H,4-5,10-11H2,1-3H3,(H,19,21)(H,22,23). The highest BCUT2D eigenvalue weighted by Gasteiger charge is 2.31. The molecule has 0 saturated carbocycles. The second-order valence-electron chi connectivity index (χ2n) is 7.65. The number of hydrogen-bond donors (Lipinski definition) is 3. The number of sulfonamides is 1. The molecule has 1 saturated heterocycles. The minimum absolute atomic E-state index is 0.0319. The molecule has 1 heterocycles. The molecule has 0 bridgehead atoms. The molecule has 0 spiro atoms. The van der Waals surface area contributed by atoms with E-state index in [9.17, 15) is 23.1 Å². The van der Waals surface area contributed by atoms with Gasteiger partial charge in [-0.15, -0.1) is 0 Å². The second-order valence-corrected chi connectivity index (χ2v) is 9.33. The van der Waals surface area contributed by atoms with Crippen molar-refractivity contribution in [2.45, 2.75) is 50.1 Å². The van der Waals surface area contributed by atoms with E-state index in [4.69, 9.17) is 4.74 Å². The Hall–Kier alpha value is -1.97. The summed E-state index contributed by atoms with van der Waals surface area (Å²) in [5, 5.41) is 11.9. The highest BCUT2D eigenvalue weighted by molar-refractivity contribution is 7.89. The van der Waals surface area contributed by atoms with Crippen molar-refractivity contribution in [2.75, 3.05) is 13.2 Å². The van der Waals surface area contributed by atoms with Crippen LogP contribution in [0.15, 0.2) is 29.2 Å². The zero-order valence-corrected chi connectivity index (χ0v) is 16.5. The first kappa shape index (κ1) is 21.3. The maximum Gasteiger partial charge on any atom is 0.326 e. The fourth-order valence-electron chi connectivity index (χ4n) is 2.88. The predicted molar refractivity (Wildman–Crippen MR) is 98.9 cm³/mol. The van der Waals surface area contributed by atoms with Crippen LogP contribution >= 0.6 is 0 Å². The molecular formula is C18H26N2O6S. The molecule has 0 aliphatic carbocycles. The summed E-state index contributed by atoms with van der Waals surface area (Å²) in [6, 6.07) is 4.32. The summed E-state index contributed by atoms with van der Waals surface area (Å²) in [6.45, 7) is 6.07. The van der Waals surface area contributed by atoms with Crippen LogP contribution in [0.25, 0.3) is 0 Å². The number of carbonyl (C=O) groups excluding carboxylic acids is 1. The van der Waals surface area contributed by atoms with Gasteiger partial charge in [0.15, 0.2) is 0 Å². The lowest BCUT2D eigenvalue weighted by molar-refractivity contribution is -0.142. The minimum Gasteiger partial charge on any atom is -0.480 e. The average molecular weight is 398 g/mol. The molecule has 27 heavy (non-hydrogen) atoms. The molecule has 1 amide bonds. The summed E-state index contributed by atoms with van der Waals surface area (Å²) >= 11 is 0. The van der Waals surface area contributed by atoms with Crippen LogP contribution in [0.2, 0.25) is 0 Å². The molecule has 2 atom stereocenters. The van der Waals surface area contributed by atoms with Crippen LogP contribution in [-0.2, 0) is 19.6 Å². The van der Waals surface area contributed by atoms with Crippen LogP contribution in [0.1, 0.15) is 44.0 Å². The van der Waals surface area contributed by atoms with E-state index in [1.807, 2.05) is 0 Å². The van der Waals surface area contributed by atoms with Crippen LogP contribution in [0.5, 0.6) is 0 Å². The molecule has 1 aliphatic rings. The number of carboxylic acids is 1. The Bertz CT molecular complexity index is 777. The normalized spacial score (nSPS) is 19.3. The van der Waals surface area contributed by atoms with Crippen molar-refractivity contribution in [1.82, 2.24) is 10.0 Å². The predicted octanol–water partition coefficient (Wildman–Crippen LogP) is 1.37. The first-order chi connectivity index (χ1) is 12.5. The number of benzene rings is 1. The van der Waals surface area contributed by atoms with Crippen LogP contribution in [0, 0.1) is 5.92 Å². The van der Waals surface area contributed by atoms with Crippen LogP contribution in [0.3, 0.4) is 0 Å². The van der Waals surface area contributed by atoms with Gasteiger partial charge in [0.25, 0.3) is 5.91 Å². The number of carbonyl (C=O) groups is 2. The van der Waals surface area contributed by atoms with Gasteiger partial charge in [0.2, 0.25) is 10.0 Å². The van der Waals surface area contributed by atoms with Gasteiger partial charge in [0, 0.05) is 23.6 Å². The molecule has 0 radical (unpaired) electrons. The lowest BCUT2D eigenvalue weighted by Crippen LogP contribution is -2.48. The Morgan fingerprint density at radius 3 is 2.33 bits per heavy atom. The Labute approximate surface area is 159 Å². The average Bonchev–Trinajstić information content (AvgIpc) is 2.58. The molecule has 1 aliphatic heterocycles. The third-order valence-corrected chi connectivity index (χ3v) is 5.86. The SMILES string of the molecule is CC(C)(C)NS(=O)(=O)c1ccc(C(=O)NC(C(=O)O)C2CCCOC2)cc1. The number of ether oxygens (including phenoxy) is 1. The highest BCUT2D eigenvalue weighted by atomic mass is 32.2. The molecule has 1 aromatic rings. The molecule has 2 rings (SSSR count). The summed E-state index contributed by atoms with van der Waals surface area (Å²) in [5.74, 6) is -1.98. The third-order valence-electron chi connectivity index (χ3n) is 4.09. The Kier molecular flexibility index (Phi) is 6.61. The Morgan fingerprint density at radius 2 is 1.85 bits per heavy atom. The summed E-state index contributed by atoms with van der Waals surface area (Å²) in [6.07, 6.45) is 1.41. The molecule has 1 fully saturated rings. The van der Waals surface area contributed by atoms with E-state index < -0.39 is 33.5 Å². The fraction of sp³-hybridized carbons (Fsp3) is 0.556. The zero-order valence-electron chi connectivity index (χ0n) is 15.7. The molecule has 8 nitrogen and oxygen atoms in total. The molecule has 9 heteroatoms. The number of rotatable bonds is 6. The van der Waals surface area contributed by atoms with Gasteiger partial charge in [-0.05, 0) is 57.9 Å². The quantitative estimate of drug-likeness (QED) is 0.665. The number of amides is 1. The second kappa shape index (κ2) is 8.37. The first-order valence-electron chi connectivity index (χ1n) is 8.75. The van der Waals surface area contributed by atoms with Crippen molar-refractivity contribution in [3.05, 3.63) is 29.8 Å². The molecular weight excluding hydrogens is 372 g/mol. The van der Waals surface area contributed by atoms with E-state index in [1.54, 1.807) is 20.8 Å². The number of aliphatic carboxylic acids is 1. The van der Waals surface area contributed by atoms with Crippen molar-refractivity contribution in [3.8, 4) is 0 Å². The molecule has 2 unspecified atom stereocenters. The van der Waals surface area contributed by atoms with Gasteiger partial charge in [-0.1, -0.05) is 0 Å². The van der Waals surface area contributed by atoms with E-state index in [-0.39, 0.29) is 23.0 Å². The van der Waals surface area contributed by atoms with Crippen molar-refractivity contribution in [1.29, 1.82) is 0 Å². The Morgan fingerprint density at radius 1 is 1.22 bits per heavy atom. The molecule has 0 aromatic heterocycles. The fourth-order valence-corrected chi connectivity index (χ4v) is 4.30. The smallest absolute Gasteiger partial charge is 0.326 e. The molecule has 150 valence electrons. The van der Waals surface area contributed by atoms with E-state index in [1.165, 1.54) is 24.3 Å². The van der Waals surface area contributed by atoms with Gasteiger partial charge in [-0.3, -0.25) is 4.79 Å². The van der Waals surface area contributed by atoms with Gasteiger partial charge in [-0.2, -0.15) is 0 Å². The number of nitrogens with one attached hydrogen (secondary N) is 2. The summed E-state index contributed by atoms with van der Waals surface area (Å²) < 4.78 is 32.4. The first-order valence-corrected chi connectivity index (χ1v) is 10.2. The maximum atomic E-state index is 12.4. The van der Waals surface area contributed by atoms with Crippen molar-refractivity contribution >= 4 is 21.9 Å². The summed E-state index contributed by atoms with van der Waals surface area (Å²) in [7, 11) is -3.71. The minimum atomic E-state index is -3.71. The van der Waals surface area contributed by atoms with Crippen LogP contribution in [0.4, 0.5) is 0 Å². The number of carboxylic acid groups (broad SMARTS) is 1. The lowest BCUT2D eigenvalue weighted by atomic mass is 9.93. The summed E-state index contributed by atoms with van der Waals surface area (Å²) in [4.78, 5) is 24.0. The van der Waals surface area contributed by atoms with Gasteiger partial charge in [0.1, 0.15) is 6.04 Å². The van der Waals surface area contributed by atoms with E-state index in [2.05, 4.69) is 10.0 Å². The summed E-state index contributed by atoms with van der Waals surface area (Å²) in [5.41, 5.74) is -0.446. The van der Waals surface area contributed by atoms with Crippen LogP contribution < -0.4 is 10.0 Å². The van der Waals surface area contributed by atoms with Gasteiger partial charge >= 0.3 is 5.97 Å². The van der Waals surface area contributed by atoms with Crippen molar-refractivity contribution < 1.29 is 27.9 Å². The monoisotopic (exact) mass is 398 g/mol. The lowest BCUT2D eigenvalue weighted by Gasteiger charge is -2.28. The van der Waals surface area contributed by atoms with E-state index >= 15 is 0 Å². The zero-order chi connectivity index (χ0) is 20.2. The Balaban J connectivity index is 2.11. The van der Waals surface area contributed by atoms with Gasteiger partial charge in [0.05, 0.1) is 11.5 Å². The molecule has 1 aromatic carbocycles. The van der Waals surface area contributed by atoms with Gasteiger partial charge in [-0.25, -0.2) is 17.9 Å². The van der Waals surface area contributed by atoms with Crippen molar-refractivity contribution in [2.24, 2.45) is 5.92 Å². The van der Waals surface area contributed by atoms with Gasteiger partial charge < -0.3 is 15.2 Å². The van der Waals surface area contributed by atoms with E-state index in [0.29, 0.717) is 13.0 Å².